The molecule has 0 saturated carbocycles. The monoisotopic (exact) mass is 320 g/mol. The van der Waals surface area contributed by atoms with Crippen LogP contribution in [0.4, 0.5) is 0 Å². The Morgan fingerprint density at radius 2 is 1.46 bits per heavy atom. The van der Waals surface area contributed by atoms with Crippen LogP contribution in [0.2, 0.25) is 0 Å². The minimum atomic E-state index is -0.0547. The Labute approximate surface area is 146 Å². The van der Waals surface area contributed by atoms with Gasteiger partial charge in [0.05, 0.1) is 17.3 Å². The Bertz CT molecular complexity index is 668. The number of hydrogen-bond donors (Lipinski definition) is 0. The first kappa shape index (κ1) is 16.9. The van der Waals surface area contributed by atoms with Crippen molar-refractivity contribution in [1.82, 2.24) is 4.90 Å². The Hall–Kier alpha value is -1.93. The molecule has 0 aliphatic carbocycles. The molecule has 1 saturated heterocycles. The summed E-state index contributed by atoms with van der Waals surface area (Å²) in [7, 11) is 0. The highest BCUT2D eigenvalue weighted by atomic mass is 15.2. The van der Waals surface area contributed by atoms with Crippen LogP contribution < -0.4 is 0 Å². The Morgan fingerprint density at radius 1 is 0.917 bits per heavy atom. The highest BCUT2D eigenvalue weighted by Gasteiger charge is 2.35. The molecule has 1 aliphatic heterocycles. The molecule has 0 amide bonds. The summed E-state index contributed by atoms with van der Waals surface area (Å²) >= 11 is 0. The molecule has 2 heteroatoms. The summed E-state index contributed by atoms with van der Waals surface area (Å²) in [4.78, 5) is 7.79. The van der Waals surface area contributed by atoms with Crippen LogP contribution in [0, 0.1) is 0 Å². The van der Waals surface area contributed by atoms with E-state index >= 15 is 0 Å². The quantitative estimate of drug-likeness (QED) is 0.699. The summed E-state index contributed by atoms with van der Waals surface area (Å²) in [6.07, 6.45) is 2.58. The molecule has 0 bridgehead atoms. The molecule has 1 atom stereocenters. The maximum absolute atomic E-state index is 5.21. The zero-order chi connectivity index (χ0) is 17.0. The lowest BCUT2D eigenvalue weighted by atomic mass is 9.90. The number of hydrogen-bond acceptors (Lipinski definition) is 2. The van der Waals surface area contributed by atoms with E-state index in [0.29, 0.717) is 0 Å². The molecule has 1 heterocycles. The molecule has 2 aromatic rings. The fourth-order valence-electron chi connectivity index (χ4n) is 3.61. The van der Waals surface area contributed by atoms with Crippen LogP contribution >= 0.6 is 0 Å². The second-order valence-electron chi connectivity index (χ2n) is 7.18. The average molecular weight is 320 g/mol. The second-order valence-corrected chi connectivity index (χ2v) is 7.18. The second kappa shape index (κ2) is 7.31. The number of nitrogens with zero attached hydrogens (tertiary/aromatic N) is 2. The van der Waals surface area contributed by atoms with Crippen LogP contribution in [0.3, 0.4) is 0 Å². The van der Waals surface area contributed by atoms with Crippen LogP contribution in [0.25, 0.3) is 0 Å². The van der Waals surface area contributed by atoms with E-state index in [2.05, 4.69) is 86.3 Å². The lowest BCUT2D eigenvalue weighted by Gasteiger charge is -2.37. The van der Waals surface area contributed by atoms with Gasteiger partial charge in [0.25, 0.3) is 0 Å². The maximum atomic E-state index is 5.21. The van der Waals surface area contributed by atoms with E-state index in [9.17, 15) is 0 Å². The van der Waals surface area contributed by atoms with E-state index in [1.54, 1.807) is 0 Å². The van der Waals surface area contributed by atoms with Gasteiger partial charge in [0.2, 0.25) is 0 Å². The molecule has 0 unspecified atom stereocenters. The molecule has 2 aromatic carbocycles. The number of rotatable bonds is 5. The highest BCUT2D eigenvalue weighted by molar-refractivity contribution is 6.07. The van der Waals surface area contributed by atoms with Crippen LogP contribution in [-0.4, -0.2) is 29.2 Å². The van der Waals surface area contributed by atoms with Crippen molar-refractivity contribution < 1.29 is 0 Å². The van der Waals surface area contributed by atoms with Gasteiger partial charge in [0, 0.05) is 0 Å². The summed E-state index contributed by atoms with van der Waals surface area (Å²) in [6.45, 7) is 9.17. The van der Waals surface area contributed by atoms with Gasteiger partial charge < -0.3 is 0 Å². The van der Waals surface area contributed by atoms with Crippen LogP contribution in [0.5, 0.6) is 0 Å². The largest absolute Gasteiger partial charge is 0.293 e. The number of aliphatic imine (C=N–C) groups is 1. The van der Waals surface area contributed by atoms with E-state index in [1.165, 1.54) is 42.8 Å². The normalized spacial score (nSPS) is 17.9. The van der Waals surface area contributed by atoms with Gasteiger partial charge in [-0.2, -0.15) is 0 Å². The summed E-state index contributed by atoms with van der Waals surface area (Å²) < 4.78 is 0. The molecule has 1 aliphatic rings. The molecular weight excluding hydrogens is 292 g/mol. The van der Waals surface area contributed by atoms with Crippen LogP contribution in [0.15, 0.2) is 65.7 Å². The van der Waals surface area contributed by atoms with Crippen molar-refractivity contribution in [3.05, 3.63) is 71.8 Å². The summed E-state index contributed by atoms with van der Waals surface area (Å²) in [5.74, 6) is 0. The summed E-state index contributed by atoms with van der Waals surface area (Å²) in [5, 5.41) is 0. The van der Waals surface area contributed by atoms with Crippen molar-refractivity contribution in [3.63, 3.8) is 0 Å². The molecule has 24 heavy (non-hydrogen) atoms. The smallest absolute Gasteiger partial charge is 0.0725 e. The minimum absolute atomic E-state index is 0.0547. The molecule has 2 nitrogen and oxygen atoms in total. The summed E-state index contributed by atoms with van der Waals surface area (Å²) in [6, 6.07) is 21.4. The number of benzene rings is 2. The fraction of sp³-hybridized carbons (Fsp3) is 0.409. The Balaban J connectivity index is 2.00. The number of likely N-dealkylation sites (tertiary alicyclic amines) is 1. The van der Waals surface area contributed by atoms with Crippen LogP contribution in [0.1, 0.15) is 50.8 Å². The first-order valence-electron chi connectivity index (χ1n) is 9.03. The van der Waals surface area contributed by atoms with Gasteiger partial charge in [0.15, 0.2) is 0 Å². The van der Waals surface area contributed by atoms with E-state index in [-0.39, 0.29) is 11.6 Å². The first-order valence-corrected chi connectivity index (χ1v) is 9.03. The lowest BCUT2D eigenvalue weighted by Crippen LogP contribution is -2.49. The molecule has 0 N–H and O–H groups in total. The zero-order valence-corrected chi connectivity index (χ0v) is 15.1. The molecule has 0 aromatic heterocycles. The third kappa shape index (κ3) is 3.59. The topological polar surface area (TPSA) is 15.6 Å². The lowest BCUT2D eigenvalue weighted by molar-refractivity contribution is 0.223. The minimum Gasteiger partial charge on any atom is -0.293 e. The Morgan fingerprint density at radius 3 is 2.04 bits per heavy atom. The van der Waals surface area contributed by atoms with Crippen molar-refractivity contribution in [2.45, 2.75) is 45.2 Å². The van der Waals surface area contributed by atoms with Gasteiger partial charge in [-0.1, -0.05) is 60.7 Å². The van der Waals surface area contributed by atoms with Gasteiger partial charge in [-0.15, -0.1) is 0 Å². The van der Waals surface area contributed by atoms with E-state index < -0.39 is 0 Å². The van der Waals surface area contributed by atoms with Gasteiger partial charge in [-0.3, -0.25) is 9.89 Å². The fourth-order valence-corrected chi connectivity index (χ4v) is 3.61. The van der Waals surface area contributed by atoms with E-state index in [1.807, 2.05) is 0 Å². The Kier molecular flexibility index (Phi) is 5.15. The average Bonchev–Trinajstić information content (AvgIpc) is 3.16. The van der Waals surface area contributed by atoms with Crippen molar-refractivity contribution in [2.75, 3.05) is 13.1 Å². The zero-order valence-electron chi connectivity index (χ0n) is 15.1. The van der Waals surface area contributed by atoms with Gasteiger partial charge in [0.1, 0.15) is 0 Å². The molecule has 1 fully saturated rings. The molecule has 0 spiro atoms. The van der Waals surface area contributed by atoms with Crippen molar-refractivity contribution in [3.8, 4) is 0 Å². The van der Waals surface area contributed by atoms with Crippen molar-refractivity contribution in [1.29, 1.82) is 0 Å². The highest BCUT2D eigenvalue weighted by Crippen LogP contribution is 2.28. The predicted molar refractivity (Wildman–Crippen MR) is 103 cm³/mol. The molecule has 3 rings (SSSR count). The van der Waals surface area contributed by atoms with Gasteiger partial charge in [-0.05, 0) is 57.8 Å². The predicted octanol–water partition coefficient (Wildman–Crippen LogP) is 5.11. The summed E-state index contributed by atoms with van der Waals surface area (Å²) in [5.41, 5.74) is 3.64. The van der Waals surface area contributed by atoms with Gasteiger partial charge in [-0.25, -0.2) is 0 Å². The maximum Gasteiger partial charge on any atom is 0.0725 e. The van der Waals surface area contributed by atoms with Crippen LogP contribution in [-0.2, 0) is 0 Å². The molecule has 126 valence electrons. The van der Waals surface area contributed by atoms with Crippen molar-refractivity contribution >= 4 is 5.71 Å². The third-order valence-corrected chi connectivity index (χ3v) is 5.13. The third-order valence-electron chi connectivity index (χ3n) is 5.13. The molecule has 0 radical (unpaired) electrons. The van der Waals surface area contributed by atoms with E-state index in [4.69, 9.17) is 4.99 Å². The van der Waals surface area contributed by atoms with Crippen molar-refractivity contribution in [2.24, 2.45) is 4.99 Å². The standard InChI is InChI=1S/C22H28N2/c1-18(19-12-6-4-7-13-19)23-21(20-14-8-5-9-15-20)22(2,3)24-16-10-11-17-24/h4-9,12-15,18H,10-11,16-17H2,1-3H3/b23-21+/t18-/m1/s1. The first-order chi connectivity index (χ1) is 11.6. The SMILES string of the molecule is C[C@@H](/N=C(\c1ccccc1)C(C)(C)N1CCCC1)c1ccccc1. The van der Waals surface area contributed by atoms with E-state index in [0.717, 1.165) is 0 Å². The molecular formula is C22H28N2. The van der Waals surface area contributed by atoms with Gasteiger partial charge >= 0.3 is 0 Å².